The lowest BCUT2D eigenvalue weighted by atomic mass is 10.1. The van der Waals surface area contributed by atoms with Crippen LogP contribution in [0, 0.1) is 0 Å². The zero-order valence-corrected chi connectivity index (χ0v) is 10.8. The fraction of sp³-hybridized carbons (Fsp3) is 0.733. The lowest BCUT2D eigenvalue weighted by molar-refractivity contribution is 0.473. The molecule has 94 valence electrons. The number of hydrogen-bond donors (Lipinski definition) is 1. The minimum absolute atomic E-state index is 1.08. The lowest BCUT2D eigenvalue weighted by Crippen LogP contribution is -1.80. The Labute approximate surface area is 101 Å². The molecule has 0 unspecified atom stereocenters. The van der Waals surface area contributed by atoms with Crippen LogP contribution < -0.4 is 0 Å². The molecule has 0 aromatic heterocycles. The summed E-state index contributed by atoms with van der Waals surface area (Å²) in [5, 5.41) is 8.40. The molecule has 16 heavy (non-hydrogen) atoms. The van der Waals surface area contributed by atoms with E-state index in [2.05, 4.69) is 13.0 Å². The third-order valence-electron chi connectivity index (χ3n) is 2.81. The molecule has 0 aromatic carbocycles. The molecule has 0 saturated carbocycles. The zero-order valence-electron chi connectivity index (χ0n) is 10.8. The first-order chi connectivity index (χ1) is 7.91. The van der Waals surface area contributed by atoms with Gasteiger partial charge in [-0.25, -0.2) is 0 Å². The molecule has 0 bridgehead atoms. The molecule has 0 aliphatic carbocycles. The van der Waals surface area contributed by atoms with Crippen molar-refractivity contribution in [3.8, 4) is 0 Å². The van der Waals surface area contributed by atoms with E-state index in [4.69, 9.17) is 5.11 Å². The first kappa shape index (κ1) is 15.3. The standard InChI is InChI=1S/C15H28O/c1-2-3-4-5-6-7-8-9-10-11-12-13-14-15-16/h12-16H,2-11H2,1H3/b13-12+,15-14+. The predicted octanol–water partition coefficient (Wildman–Crippen LogP) is 5.54. The van der Waals surface area contributed by atoms with Gasteiger partial charge in [0.2, 0.25) is 0 Å². The Bertz CT molecular complexity index is 170. The molecule has 0 aliphatic heterocycles. The van der Waals surface area contributed by atoms with Crippen molar-refractivity contribution in [2.45, 2.75) is 71.1 Å². The van der Waals surface area contributed by atoms with Gasteiger partial charge < -0.3 is 5.11 Å². The maximum absolute atomic E-state index is 8.40. The van der Waals surface area contributed by atoms with Gasteiger partial charge in [0.1, 0.15) is 0 Å². The van der Waals surface area contributed by atoms with Crippen LogP contribution in [0.5, 0.6) is 0 Å². The van der Waals surface area contributed by atoms with E-state index in [1.165, 1.54) is 57.8 Å². The van der Waals surface area contributed by atoms with Gasteiger partial charge in [-0.1, -0.05) is 70.4 Å². The number of unbranched alkanes of at least 4 members (excludes halogenated alkanes) is 9. The van der Waals surface area contributed by atoms with Gasteiger partial charge in [0.05, 0.1) is 6.26 Å². The molecule has 0 heterocycles. The normalized spacial score (nSPS) is 11.8. The van der Waals surface area contributed by atoms with Gasteiger partial charge in [0.25, 0.3) is 0 Å². The van der Waals surface area contributed by atoms with E-state index in [9.17, 15) is 0 Å². The van der Waals surface area contributed by atoms with Gasteiger partial charge in [0, 0.05) is 0 Å². The first-order valence-electron chi connectivity index (χ1n) is 6.87. The van der Waals surface area contributed by atoms with E-state index < -0.39 is 0 Å². The summed E-state index contributed by atoms with van der Waals surface area (Å²) in [7, 11) is 0. The van der Waals surface area contributed by atoms with Crippen LogP contribution in [0.25, 0.3) is 0 Å². The van der Waals surface area contributed by atoms with E-state index in [1.54, 1.807) is 6.08 Å². The molecular formula is C15H28O. The summed E-state index contributed by atoms with van der Waals surface area (Å²) >= 11 is 0. The highest BCUT2D eigenvalue weighted by atomic mass is 16.2. The molecule has 0 atom stereocenters. The van der Waals surface area contributed by atoms with E-state index in [-0.39, 0.29) is 0 Å². The van der Waals surface area contributed by atoms with E-state index >= 15 is 0 Å². The Morgan fingerprint density at radius 3 is 1.88 bits per heavy atom. The monoisotopic (exact) mass is 224 g/mol. The van der Waals surface area contributed by atoms with Crippen molar-refractivity contribution in [1.29, 1.82) is 0 Å². The maximum atomic E-state index is 8.40. The van der Waals surface area contributed by atoms with Gasteiger partial charge in [0.15, 0.2) is 0 Å². The van der Waals surface area contributed by atoms with Crippen LogP contribution in [0.3, 0.4) is 0 Å². The molecule has 1 N–H and O–H groups in total. The van der Waals surface area contributed by atoms with E-state index in [1.807, 2.05) is 6.08 Å². The average molecular weight is 224 g/mol. The summed E-state index contributed by atoms with van der Waals surface area (Å²) in [6, 6.07) is 0. The van der Waals surface area contributed by atoms with Crippen LogP contribution in [0.4, 0.5) is 0 Å². The first-order valence-corrected chi connectivity index (χ1v) is 6.87. The highest BCUT2D eigenvalue weighted by molar-refractivity contribution is 4.98. The molecule has 0 spiro atoms. The molecule has 0 saturated heterocycles. The van der Waals surface area contributed by atoms with Crippen molar-refractivity contribution < 1.29 is 5.11 Å². The van der Waals surface area contributed by atoms with Crippen molar-refractivity contribution in [3.05, 3.63) is 24.5 Å². The average Bonchev–Trinajstić information content (AvgIpc) is 2.31. The van der Waals surface area contributed by atoms with Crippen molar-refractivity contribution in [1.82, 2.24) is 0 Å². The number of aliphatic hydroxyl groups excluding tert-OH is 1. The largest absolute Gasteiger partial charge is 0.516 e. The highest BCUT2D eigenvalue weighted by Gasteiger charge is 1.90. The zero-order chi connectivity index (χ0) is 11.9. The molecule has 0 radical (unpaired) electrons. The quantitative estimate of drug-likeness (QED) is 0.278. The predicted molar refractivity (Wildman–Crippen MR) is 72.8 cm³/mol. The minimum Gasteiger partial charge on any atom is -0.516 e. The fourth-order valence-corrected chi connectivity index (χ4v) is 1.80. The highest BCUT2D eigenvalue weighted by Crippen LogP contribution is 2.10. The summed E-state index contributed by atoms with van der Waals surface area (Å²) in [5.41, 5.74) is 0. The van der Waals surface area contributed by atoms with Gasteiger partial charge in [-0.3, -0.25) is 0 Å². The molecule has 1 nitrogen and oxygen atoms in total. The Hall–Kier alpha value is -0.720. The Balaban J connectivity index is 2.98. The Morgan fingerprint density at radius 2 is 1.31 bits per heavy atom. The van der Waals surface area contributed by atoms with Gasteiger partial charge in [-0.05, 0) is 18.9 Å². The molecule has 0 amide bonds. The fourth-order valence-electron chi connectivity index (χ4n) is 1.80. The summed E-state index contributed by atoms with van der Waals surface area (Å²) in [5.74, 6) is 0. The molecule has 0 aromatic rings. The molecule has 0 aliphatic rings. The van der Waals surface area contributed by atoms with Gasteiger partial charge in [-0.15, -0.1) is 0 Å². The van der Waals surface area contributed by atoms with Crippen LogP contribution in [0.15, 0.2) is 24.5 Å². The number of rotatable bonds is 11. The van der Waals surface area contributed by atoms with Crippen molar-refractivity contribution in [2.24, 2.45) is 0 Å². The molecular weight excluding hydrogens is 196 g/mol. The van der Waals surface area contributed by atoms with Crippen LogP contribution >= 0.6 is 0 Å². The van der Waals surface area contributed by atoms with Crippen LogP contribution in [0.2, 0.25) is 0 Å². The summed E-state index contributed by atoms with van der Waals surface area (Å²) in [6.07, 6.45) is 20.3. The second kappa shape index (κ2) is 14.3. The summed E-state index contributed by atoms with van der Waals surface area (Å²) in [4.78, 5) is 0. The van der Waals surface area contributed by atoms with Gasteiger partial charge >= 0.3 is 0 Å². The minimum atomic E-state index is 1.08. The maximum Gasteiger partial charge on any atom is 0.0791 e. The molecule has 0 fully saturated rings. The second-order valence-corrected chi connectivity index (χ2v) is 4.39. The third-order valence-corrected chi connectivity index (χ3v) is 2.81. The van der Waals surface area contributed by atoms with E-state index in [0.29, 0.717) is 0 Å². The van der Waals surface area contributed by atoms with Crippen molar-refractivity contribution >= 4 is 0 Å². The second-order valence-electron chi connectivity index (χ2n) is 4.39. The number of hydrogen-bond acceptors (Lipinski definition) is 1. The number of allylic oxidation sites excluding steroid dienone is 3. The lowest BCUT2D eigenvalue weighted by Gasteiger charge is -2.00. The van der Waals surface area contributed by atoms with Crippen LogP contribution in [-0.2, 0) is 0 Å². The van der Waals surface area contributed by atoms with Crippen LogP contribution in [0.1, 0.15) is 71.1 Å². The Morgan fingerprint density at radius 1 is 0.750 bits per heavy atom. The third kappa shape index (κ3) is 13.3. The Kier molecular flexibility index (Phi) is 13.6. The summed E-state index contributed by atoms with van der Waals surface area (Å²) < 4.78 is 0. The van der Waals surface area contributed by atoms with Gasteiger partial charge in [-0.2, -0.15) is 0 Å². The number of aliphatic hydroxyl groups is 1. The van der Waals surface area contributed by atoms with Crippen LogP contribution in [-0.4, -0.2) is 5.11 Å². The topological polar surface area (TPSA) is 20.2 Å². The summed E-state index contributed by atoms with van der Waals surface area (Å²) in [6.45, 7) is 2.26. The molecule has 0 rings (SSSR count). The van der Waals surface area contributed by atoms with E-state index in [0.717, 1.165) is 12.7 Å². The SMILES string of the molecule is CCCCCCCCCCC/C=C/C=C/O. The molecule has 1 heteroatoms. The van der Waals surface area contributed by atoms with Crippen molar-refractivity contribution in [2.75, 3.05) is 0 Å². The van der Waals surface area contributed by atoms with Crippen molar-refractivity contribution in [3.63, 3.8) is 0 Å². The smallest absolute Gasteiger partial charge is 0.0791 e.